The molecule has 2 aromatic rings. The van der Waals surface area contributed by atoms with E-state index in [9.17, 15) is 19.2 Å². The maximum atomic E-state index is 13.0. The summed E-state index contributed by atoms with van der Waals surface area (Å²) in [7, 11) is 1.53. The Morgan fingerprint density at radius 3 is 2.66 bits per heavy atom. The SMILES string of the molecule is CSCCNC(=O)c1ccc2c(c1)N(C)C(=O)[C@@H](NC(=O)C(N)=CC(=O)Cc1ccccc1)CO2. The van der Waals surface area contributed by atoms with Gasteiger partial charge in [-0.2, -0.15) is 11.8 Å². The van der Waals surface area contributed by atoms with Crippen LogP contribution in [0.1, 0.15) is 15.9 Å². The molecule has 0 saturated carbocycles. The highest BCUT2D eigenvalue weighted by Gasteiger charge is 2.31. The zero-order valence-electron chi connectivity index (χ0n) is 19.6. The Labute approximate surface area is 208 Å². The van der Waals surface area contributed by atoms with Gasteiger partial charge in [0, 0.05) is 37.4 Å². The summed E-state index contributed by atoms with van der Waals surface area (Å²) < 4.78 is 5.74. The fraction of sp³-hybridized carbons (Fsp3) is 0.280. The molecule has 3 rings (SSSR count). The van der Waals surface area contributed by atoms with Gasteiger partial charge in [-0.25, -0.2) is 0 Å². The molecule has 4 N–H and O–H groups in total. The number of benzene rings is 2. The van der Waals surface area contributed by atoms with E-state index in [1.807, 2.05) is 24.5 Å². The van der Waals surface area contributed by atoms with Gasteiger partial charge in [-0.1, -0.05) is 30.3 Å². The third-order valence-corrected chi connectivity index (χ3v) is 5.93. The van der Waals surface area contributed by atoms with Gasteiger partial charge in [0.05, 0.1) is 5.69 Å². The number of allylic oxidation sites excluding steroid dienone is 1. The molecule has 0 radical (unpaired) electrons. The van der Waals surface area contributed by atoms with Gasteiger partial charge in [0.25, 0.3) is 17.7 Å². The van der Waals surface area contributed by atoms with Crippen LogP contribution in [0.5, 0.6) is 5.75 Å². The summed E-state index contributed by atoms with van der Waals surface area (Å²) in [6, 6.07) is 12.8. The van der Waals surface area contributed by atoms with Gasteiger partial charge in [-0.15, -0.1) is 0 Å². The number of hydrogen-bond donors (Lipinski definition) is 3. The van der Waals surface area contributed by atoms with E-state index in [0.29, 0.717) is 23.5 Å². The van der Waals surface area contributed by atoms with Crippen molar-refractivity contribution in [2.45, 2.75) is 12.5 Å². The van der Waals surface area contributed by atoms with E-state index in [1.54, 1.807) is 42.1 Å². The number of anilines is 1. The third kappa shape index (κ3) is 6.86. The minimum Gasteiger partial charge on any atom is -0.489 e. The standard InChI is InChI=1S/C25H28N4O5S/c1-29-21-13-17(23(31)27-10-11-35-2)8-9-22(21)34-15-20(25(29)33)28-24(32)19(26)14-18(30)12-16-6-4-3-5-7-16/h3-9,13-14,20H,10-12,15,26H2,1-2H3,(H,27,31)(H,28,32)/t20-/m0/s1. The molecule has 0 saturated heterocycles. The fourth-order valence-electron chi connectivity index (χ4n) is 3.44. The number of likely N-dealkylation sites (N-methyl/N-ethyl adjacent to an activating group) is 1. The molecule has 1 aliphatic rings. The average Bonchev–Trinajstić information content (AvgIpc) is 2.96. The van der Waals surface area contributed by atoms with Crippen LogP contribution < -0.4 is 26.0 Å². The van der Waals surface area contributed by atoms with Gasteiger partial charge in [0.15, 0.2) is 5.78 Å². The van der Waals surface area contributed by atoms with Crippen LogP contribution in [0.15, 0.2) is 60.3 Å². The number of carbonyl (C=O) groups excluding carboxylic acids is 4. The predicted octanol–water partition coefficient (Wildman–Crippen LogP) is 1.27. The highest BCUT2D eigenvalue weighted by molar-refractivity contribution is 7.98. The second-order valence-electron chi connectivity index (χ2n) is 7.89. The molecule has 0 bridgehead atoms. The lowest BCUT2D eigenvalue weighted by Gasteiger charge is -2.20. The molecule has 9 nitrogen and oxygen atoms in total. The van der Waals surface area contributed by atoms with Crippen molar-refractivity contribution in [3.63, 3.8) is 0 Å². The zero-order valence-corrected chi connectivity index (χ0v) is 20.4. The van der Waals surface area contributed by atoms with Crippen LogP contribution in [0.3, 0.4) is 0 Å². The summed E-state index contributed by atoms with van der Waals surface area (Å²) in [4.78, 5) is 51.6. The Kier molecular flexibility index (Phi) is 8.91. The van der Waals surface area contributed by atoms with Crippen LogP contribution in [-0.2, 0) is 20.8 Å². The number of carbonyl (C=O) groups is 4. The topological polar surface area (TPSA) is 131 Å². The van der Waals surface area contributed by atoms with Crippen molar-refractivity contribution in [1.29, 1.82) is 0 Å². The monoisotopic (exact) mass is 496 g/mol. The highest BCUT2D eigenvalue weighted by Crippen LogP contribution is 2.31. The molecule has 1 aliphatic heterocycles. The van der Waals surface area contributed by atoms with E-state index >= 15 is 0 Å². The molecule has 1 atom stereocenters. The molecule has 35 heavy (non-hydrogen) atoms. The molecule has 0 aromatic heterocycles. The Hall–Kier alpha value is -3.79. The Morgan fingerprint density at radius 2 is 1.94 bits per heavy atom. The molecule has 184 valence electrons. The number of nitrogens with one attached hydrogen (secondary N) is 2. The van der Waals surface area contributed by atoms with Gasteiger partial charge in [0.2, 0.25) is 0 Å². The summed E-state index contributed by atoms with van der Waals surface area (Å²) in [6.07, 6.45) is 3.12. The molecule has 10 heteroatoms. The Morgan fingerprint density at radius 1 is 1.20 bits per heavy atom. The molecule has 0 aliphatic carbocycles. The molecule has 0 unspecified atom stereocenters. The van der Waals surface area contributed by atoms with Crippen LogP contribution in [-0.4, -0.2) is 61.8 Å². The molecule has 3 amide bonds. The number of ether oxygens (including phenoxy) is 1. The largest absolute Gasteiger partial charge is 0.489 e. The molecule has 0 spiro atoms. The molecule has 0 fully saturated rings. The van der Waals surface area contributed by atoms with Crippen LogP contribution in [0.4, 0.5) is 5.69 Å². The lowest BCUT2D eigenvalue weighted by atomic mass is 10.1. The first kappa shape index (κ1) is 25.8. The maximum absolute atomic E-state index is 13.0. The number of hydrogen-bond acceptors (Lipinski definition) is 7. The molecular weight excluding hydrogens is 468 g/mol. The predicted molar refractivity (Wildman–Crippen MR) is 135 cm³/mol. The number of fused-ring (bicyclic) bond motifs is 1. The van der Waals surface area contributed by atoms with E-state index in [4.69, 9.17) is 10.5 Å². The van der Waals surface area contributed by atoms with Crippen LogP contribution >= 0.6 is 11.8 Å². The molecule has 1 heterocycles. The van der Waals surface area contributed by atoms with Gasteiger partial charge in [-0.05, 0) is 30.0 Å². The summed E-state index contributed by atoms with van der Waals surface area (Å²) in [5.74, 6) is -0.591. The van der Waals surface area contributed by atoms with Crippen LogP contribution in [0.2, 0.25) is 0 Å². The van der Waals surface area contributed by atoms with E-state index in [1.165, 1.54) is 11.9 Å². The van der Waals surface area contributed by atoms with Crippen LogP contribution in [0, 0.1) is 0 Å². The number of nitrogens with zero attached hydrogens (tertiary/aromatic N) is 1. The smallest absolute Gasteiger partial charge is 0.268 e. The first-order valence-corrected chi connectivity index (χ1v) is 12.4. The van der Waals surface area contributed by atoms with Crippen molar-refractivity contribution in [3.8, 4) is 5.75 Å². The van der Waals surface area contributed by atoms with E-state index in [0.717, 1.165) is 17.4 Å². The first-order chi connectivity index (χ1) is 16.8. The average molecular weight is 497 g/mol. The Balaban J connectivity index is 1.66. The van der Waals surface area contributed by atoms with Gasteiger partial charge < -0.3 is 26.0 Å². The number of amides is 3. The second-order valence-corrected chi connectivity index (χ2v) is 8.88. The highest BCUT2D eigenvalue weighted by atomic mass is 32.2. The van der Waals surface area contributed by atoms with Gasteiger partial charge in [0.1, 0.15) is 24.1 Å². The Bertz CT molecular complexity index is 1140. The summed E-state index contributed by atoms with van der Waals surface area (Å²) >= 11 is 1.62. The van der Waals surface area contributed by atoms with E-state index in [2.05, 4.69) is 10.6 Å². The number of ketones is 1. The fourth-order valence-corrected chi connectivity index (χ4v) is 3.75. The zero-order chi connectivity index (χ0) is 25.4. The minimum atomic E-state index is -1.03. The van der Waals surface area contributed by atoms with E-state index in [-0.39, 0.29) is 30.4 Å². The van der Waals surface area contributed by atoms with Crippen molar-refractivity contribution in [2.75, 3.05) is 37.1 Å². The minimum absolute atomic E-state index is 0.103. The van der Waals surface area contributed by atoms with Crippen molar-refractivity contribution in [3.05, 3.63) is 71.4 Å². The molecular formula is C25H28N4O5S. The lowest BCUT2D eigenvalue weighted by Crippen LogP contribution is -2.50. The maximum Gasteiger partial charge on any atom is 0.268 e. The van der Waals surface area contributed by atoms with Crippen LogP contribution in [0.25, 0.3) is 0 Å². The number of thioether (sulfide) groups is 1. The lowest BCUT2D eigenvalue weighted by molar-refractivity contribution is -0.126. The van der Waals surface area contributed by atoms with Crippen molar-refractivity contribution >= 4 is 41.0 Å². The van der Waals surface area contributed by atoms with Gasteiger partial charge in [-0.3, -0.25) is 19.2 Å². The summed E-state index contributed by atoms with van der Waals surface area (Å²) in [5, 5.41) is 5.35. The van der Waals surface area contributed by atoms with Gasteiger partial charge >= 0.3 is 0 Å². The summed E-state index contributed by atoms with van der Waals surface area (Å²) in [6.45, 7) is 0.395. The molecule has 2 aromatic carbocycles. The third-order valence-electron chi connectivity index (χ3n) is 5.31. The van der Waals surface area contributed by atoms with Crippen molar-refractivity contribution in [1.82, 2.24) is 10.6 Å². The number of nitrogens with two attached hydrogens (primary N) is 1. The normalized spacial score (nSPS) is 15.5. The van der Waals surface area contributed by atoms with Crippen molar-refractivity contribution < 1.29 is 23.9 Å². The van der Waals surface area contributed by atoms with Crippen molar-refractivity contribution in [2.24, 2.45) is 5.73 Å². The summed E-state index contributed by atoms with van der Waals surface area (Å²) in [5.41, 5.74) is 7.11. The second kappa shape index (κ2) is 12.1. The quantitative estimate of drug-likeness (QED) is 0.352. The van der Waals surface area contributed by atoms with E-state index < -0.39 is 17.9 Å². The first-order valence-electron chi connectivity index (χ1n) is 11.0. The number of rotatable bonds is 9.